The van der Waals surface area contributed by atoms with Crippen LogP contribution in [0.2, 0.25) is 0 Å². The number of carbonyl (C=O) groups excluding carboxylic acids is 2. The van der Waals surface area contributed by atoms with Crippen molar-refractivity contribution in [3.63, 3.8) is 0 Å². The van der Waals surface area contributed by atoms with Gasteiger partial charge >= 0.3 is 11.9 Å². The largest absolute Gasteiger partial charge is 0.462 e. The summed E-state index contributed by atoms with van der Waals surface area (Å²) in [5.74, 6) is -2.05. The number of ether oxygens (including phenoxy) is 4. The maximum Gasteiger partial charge on any atom is 0.306 e. The molecular weight excluding hydrogens is 729 g/mol. The molecule has 2 unspecified atom stereocenters. The highest BCUT2D eigenvalue weighted by Gasteiger charge is 2.46. The van der Waals surface area contributed by atoms with E-state index in [0.29, 0.717) is 19.3 Å². The summed E-state index contributed by atoms with van der Waals surface area (Å²) in [6.45, 7) is 3.67. The highest BCUT2D eigenvalue weighted by molar-refractivity contribution is 7.85. The molecule has 1 saturated heterocycles. The Labute approximate surface area is 331 Å². The number of hydrogen-bond acceptors (Lipinski definition) is 11. The zero-order valence-corrected chi connectivity index (χ0v) is 34.6. The predicted molar refractivity (Wildman–Crippen MR) is 215 cm³/mol. The van der Waals surface area contributed by atoms with Crippen molar-refractivity contribution < 1.29 is 56.8 Å². The van der Waals surface area contributed by atoms with Gasteiger partial charge in [-0.3, -0.25) is 14.1 Å². The van der Waals surface area contributed by atoms with Crippen LogP contribution in [0.1, 0.15) is 162 Å². The number of esters is 2. The third-order valence-electron chi connectivity index (χ3n) is 9.47. The Kier molecular flexibility index (Phi) is 30.4. The Balaban J connectivity index is 2.50. The summed E-state index contributed by atoms with van der Waals surface area (Å²) in [5, 5.41) is 30.8. The van der Waals surface area contributed by atoms with Crippen molar-refractivity contribution in [1.29, 1.82) is 0 Å². The highest BCUT2D eigenvalue weighted by Crippen LogP contribution is 2.24. The molecule has 4 N–H and O–H groups in total. The number of rotatable bonds is 34. The number of allylic oxidation sites excluding steroid dienone is 6. The minimum absolute atomic E-state index is 0.148. The summed E-state index contributed by atoms with van der Waals surface area (Å²) < 4.78 is 53.8. The lowest BCUT2D eigenvalue weighted by Gasteiger charge is -2.40. The summed E-state index contributed by atoms with van der Waals surface area (Å²) in [4.78, 5) is 25.2. The summed E-state index contributed by atoms with van der Waals surface area (Å²) in [7, 11) is -4.60. The van der Waals surface area contributed by atoms with Gasteiger partial charge in [0.25, 0.3) is 10.1 Å². The van der Waals surface area contributed by atoms with Crippen molar-refractivity contribution >= 4 is 22.1 Å². The third kappa shape index (κ3) is 28.0. The first kappa shape index (κ1) is 50.9. The molecule has 0 bridgehead atoms. The summed E-state index contributed by atoms with van der Waals surface area (Å²) in [6, 6.07) is 0. The van der Waals surface area contributed by atoms with Gasteiger partial charge in [-0.1, -0.05) is 140 Å². The Hall–Kier alpha value is -2.13. The zero-order valence-electron chi connectivity index (χ0n) is 33.8. The zero-order chi connectivity index (χ0) is 40.6. The molecule has 0 aromatic heterocycles. The minimum Gasteiger partial charge on any atom is -0.462 e. The molecule has 55 heavy (non-hydrogen) atoms. The van der Waals surface area contributed by atoms with Gasteiger partial charge in [0.1, 0.15) is 36.8 Å². The SMILES string of the molecule is CCCCCCCC/C=C/C/C=C/C/C=C/CCCC(=O)OC[C@H](CO[C@H]1O[C@H](CS(=O)(=O)O)[C@@H](O)C(O)C1O)OC(=O)CCCCCCCCCCCC. The molecule has 6 atom stereocenters. The number of carbonyl (C=O) groups is 2. The van der Waals surface area contributed by atoms with Gasteiger partial charge in [0, 0.05) is 12.8 Å². The molecule has 1 heterocycles. The van der Waals surface area contributed by atoms with Crippen LogP contribution in [0, 0.1) is 0 Å². The maximum atomic E-state index is 12.7. The molecule has 13 heteroatoms. The van der Waals surface area contributed by atoms with Crippen LogP contribution in [0.3, 0.4) is 0 Å². The van der Waals surface area contributed by atoms with E-state index in [0.717, 1.165) is 38.5 Å². The lowest BCUT2D eigenvalue weighted by Crippen LogP contribution is -2.60. The van der Waals surface area contributed by atoms with Gasteiger partial charge in [0.05, 0.1) is 6.61 Å². The highest BCUT2D eigenvalue weighted by atomic mass is 32.2. The molecule has 1 rings (SSSR count). The first-order valence-corrected chi connectivity index (χ1v) is 22.7. The van der Waals surface area contributed by atoms with E-state index >= 15 is 0 Å². The van der Waals surface area contributed by atoms with Crippen molar-refractivity contribution in [2.24, 2.45) is 0 Å². The van der Waals surface area contributed by atoms with E-state index < -0.39 is 71.2 Å². The number of aliphatic hydroxyl groups excluding tert-OH is 3. The Morgan fingerprint density at radius 2 is 1.11 bits per heavy atom. The molecule has 320 valence electrons. The van der Waals surface area contributed by atoms with Crippen molar-refractivity contribution in [3.8, 4) is 0 Å². The van der Waals surface area contributed by atoms with Gasteiger partial charge in [-0.05, 0) is 44.9 Å². The van der Waals surface area contributed by atoms with E-state index in [1.807, 2.05) is 6.08 Å². The average Bonchev–Trinajstić information content (AvgIpc) is 3.14. The topological polar surface area (TPSA) is 186 Å². The lowest BCUT2D eigenvalue weighted by atomic mass is 10.00. The number of aliphatic hydroxyl groups is 3. The smallest absolute Gasteiger partial charge is 0.306 e. The van der Waals surface area contributed by atoms with Crippen LogP contribution < -0.4 is 0 Å². The van der Waals surface area contributed by atoms with Crippen LogP contribution in [-0.2, 0) is 38.7 Å². The fraction of sp³-hybridized carbons (Fsp3) is 0.810. The monoisotopic (exact) mass is 802 g/mol. The Morgan fingerprint density at radius 3 is 1.67 bits per heavy atom. The molecule has 1 fully saturated rings. The number of hydrogen-bond donors (Lipinski definition) is 4. The Bertz CT molecular complexity index is 1170. The van der Waals surface area contributed by atoms with Crippen molar-refractivity contribution in [2.75, 3.05) is 19.0 Å². The van der Waals surface area contributed by atoms with E-state index in [1.54, 1.807) is 0 Å². The van der Waals surface area contributed by atoms with Gasteiger partial charge in [0.2, 0.25) is 0 Å². The minimum atomic E-state index is -4.60. The van der Waals surface area contributed by atoms with Gasteiger partial charge in [0.15, 0.2) is 12.4 Å². The Morgan fingerprint density at radius 1 is 0.618 bits per heavy atom. The molecule has 0 spiro atoms. The van der Waals surface area contributed by atoms with Crippen molar-refractivity contribution in [1.82, 2.24) is 0 Å². The van der Waals surface area contributed by atoms with Crippen molar-refractivity contribution in [3.05, 3.63) is 36.5 Å². The summed E-state index contributed by atoms with van der Waals surface area (Å²) in [6.07, 6.45) is 26.4. The molecule has 1 aliphatic rings. The van der Waals surface area contributed by atoms with Crippen LogP contribution >= 0.6 is 0 Å². The molecule has 0 saturated carbocycles. The lowest BCUT2D eigenvalue weighted by molar-refractivity contribution is -0.297. The van der Waals surface area contributed by atoms with Gasteiger partial charge in [-0.2, -0.15) is 8.42 Å². The normalized spacial score (nSPS) is 21.2. The van der Waals surface area contributed by atoms with E-state index in [9.17, 15) is 37.9 Å². The van der Waals surface area contributed by atoms with Gasteiger partial charge in [-0.25, -0.2) is 0 Å². The van der Waals surface area contributed by atoms with Crippen molar-refractivity contribution in [2.45, 2.75) is 198 Å². The summed E-state index contributed by atoms with van der Waals surface area (Å²) >= 11 is 0. The second-order valence-electron chi connectivity index (χ2n) is 14.7. The van der Waals surface area contributed by atoms with Gasteiger partial charge in [-0.15, -0.1) is 0 Å². The molecule has 0 radical (unpaired) electrons. The maximum absolute atomic E-state index is 12.7. The van der Waals surface area contributed by atoms with Crippen LogP contribution in [-0.4, -0.2) is 96.0 Å². The first-order valence-electron chi connectivity index (χ1n) is 21.0. The van der Waals surface area contributed by atoms with E-state index in [4.69, 9.17) is 18.9 Å². The second-order valence-corrected chi connectivity index (χ2v) is 16.2. The molecular formula is C42H74O12S. The standard InChI is InChI=1S/C42H74O12S/c1-3-5-7-9-11-13-15-16-17-18-19-20-21-23-24-26-28-30-37(43)51-32-35(53-38(44)31-29-27-25-22-14-12-10-8-6-4-2)33-52-42-41(47)40(46)39(45)36(54-42)34-55(48,49)50/h16-17,19-20,23-24,35-36,39-42,45-47H,3-15,18,21-22,25-34H2,1-2H3,(H,48,49,50)/b17-16+,20-19+,24-23+/t35-,36-,39-,40?,41?,42+/m1/s1. The van der Waals surface area contributed by atoms with E-state index in [2.05, 4.69) is 44.2 Å². The van der Waals surface area contributed by atoms with Crippen LogP contribution in [0.15, 0.2) is 36.5 Å². The summed E-state index contributed by atoms with van der Waals surface area (Å²) in [5.41, 5.74) is 0. The molecule has 0 aromatic carbocycles. The fourth-order valence-corrected chi connectivity index (χ4v) is 6.85. The van der Waals surface area contributed by atoms with Crippen LogP contribution in [0.4, 0.5) is 0 Å². The average molecular weight is 803 g/mol. The van der Waals surface area contributed by atoms with Gasteiger partial charge < -0.3 is 34.3 Å². The van der Waals surface area contributed by atoms with E-state index in [-0.39, 0.29) is 19.4 Å². The molecule has 12 nitrogen and oxygen atoms in total. The fourth-order valence-electron chi connectivity index (χ4n) is 6.16. The first-order chi connectivity index (χ1) is 26.5. The third-order valence-corrected chi connectivity index (χ3v) is 10.2. The molecule has 0 amide bonds. The van der Waals surface area contributed by atoms with Crippen LogP contribution in [0.5, 0.6) is 0 Å². The van der Waals surface area contributed by atoms with Crippen LogP contribution in [0.25, 0.3) is 0 Å². The molecule has 1 aliphatic heterocycles. The molecule has 0 aliphatic carbocycles. The number of unbranched alkanes of at least 4 members (excludes halogenated alkanes) is 16. The quantitative estimate of drug-likeness (QED) is 0.0214. The molecule has 0 aromatic rings. The predicted octanol–water partition coefficient (Wildman–Crippen LogP) is 7.83. The van der Waals surface area contributed by atoms with E-state index in [1.165, 1.54) is 77.0 Å². The second kappa shape index (κ2) is 32.9.